The molecule has 2 aromatic rings. The Labute approximate surface area is 160 Å². The van der Waals surface area contributed by atoms with Crippen LogP contribution >= 0.6 is 0 Å². The number of aryl methyl sites for hydroxylation is 1. The number of hydrogen-bond acceptors (Lipinski definition) is 5. The van der Waals surface area contributed by atoms with Gasteiger partial charge in [0.2, 0.25) is 11.8 Å². The third-order valence-electron chi connectivity index (χ3n) is 4.18. The number of esters is 1. The summed E-state index contributed by atoms with van der Waals surface area (Å²) in [4.78, 5) is 48.7. The van der Waals surface area contributed by atoms with Gasteiger partial charge >= 0.3 is 5.97 Å². The van der Waals surface area contributed by atoms with Crippen LogP contribution in [0.1, 0.15) is 28.8 Å². The monoisotopic (exact) mass is 384 g/mol. The number of anilines is 2. The summed E-state index contributed by atoms with van der Waals surface area (Å²) in [6, 6.07) is 10.1. The van der Waals surface area contributed by atoms with Gasteiger partial charge in [-0.15, -0.1) is 0 Å². The van der Waals surface area contributed by atoms with E-state index < -0.39 is 24.3 Å². The molecular formula is C20H17FN2O5. The van der Waals surface area contributed by atoms with Gasteiger partial charge in [0.1, 0.15) is 5.82 Å². The van der Waals surface area contributed by atoms with E-state index in [1.807, 2.05) is 0 Å². The maximum Gasteiger partial charge on any atom is 0.338 e. The van der Waals surface area contributed by atoms with E-state index in [0.29, 0.717) is 5.56 Å². The molecule has 1 saturated heterocycles. The molecule has 0 unspecified atom stereocenters. The number of halogens is 1. The highest BCUT2D eigenvalue weighted by Crippen LogP contribution is 2.23. The van der Waals surface area contributed by atoms with Gasteiger partial charge in [0.25, 0.3) is 5.91 Å². The van der Waals surface area contributed by atoms with Gasteiger partial charge in [-0.1, -0.05) is 12.1 Å². The van der Waals surface area contributed by atoms with Crippen LogP contribution < -0.4 is 10.2 Å². The molecule has 2 aromatic carbocycles. The first-order valence-corrected chi connectivity index (χ1v) is 8.54. The molecular weight excluding hydrogens is 367 g/mol. The topological polar surface area (TPSA) is 92.8 Å². The van der Waals surface area contributed by atoms with Crippen LogP contribution in [-0.4, -0.2) is 30.3 Å². The Morgan fingerprint density at radius 3 is 2.50 bits per heavy atom. The summed E-state index contributed by atoms with van der Waals surface area (Å²) in [5, 5.41) is 2.43. The molecule has 1 fully saturated rings. The van der Waals surface area contributed by atoms with Crippen LogP contribution in [0.2, 0.25) is 0 Å². The van der Waals surface area contributed by atoms with Crippen molar-refractivity contribution in [1.82, 2.24) is 0 Å². The first-order valence-electron chi connectivity index (χ1n) is 8.54. The van der Waals surface area contributed by atoms with Gasteiger partial charge in [-0.3, -0.25) is 19.3 Å². The van der Waals surface area contributed by atoms with Gasteiger partial charge in [0, 0.05) is 18.5 Å². The Morgan fingerprint density at radius 1 is 1.11 bits per heavy atom. The van der Waals surface area contributed by atoms with Crippen LogP contribution in [0, 0.1) is 12.7 Å². The summed E-state index contributed by atoms with van der Waals surface area (Å²) < 4.78 is 18.5. The van der Waals surface area contributed by atoms with E-state index in [1.165, 1.54) is 42.5 Å². The molecule has 1 N–H and O–H groups in total. The highest BCUT2D eigenvalue weighted by atomic mass is 19.1. The van der Waals surface area contributed by atoms with E-state index in [-0.39, 0.29) is 41.6 Å². The molecule has 3 amide bonds. The van der Waals surface area contributed by atoms with Crippen molar-refractivity contribution >= 4 is 35.1 Å². The molecule has 3 rings (SSSR count). The van der Waals surface area contributed by atoms with Crippen molar-refractivity contribution < 1.29 is 28.3 Å². The summed E-state index contributed by atoms with van der Waals surface area (Å²) in [5.41, 5.74) is 1.07. The SMILES string of the molecule is Cc1ccc(NC(=O)COC(=O)c2cccc(N3C(=O)CCC3=O)c2)cc1F. The van der Waals surface area contributed by atoms with Gasteiger partial charge in [-0.25, -0.2) is 9.18 Å². The summed E-state index contributed by atoms with van der Waals surface area (Å²) in [5.74, 6) is -2.54. The number of nitrogens with one attached hydrogen (secondary N) is 1. The van der Waals surface area contributed by atoms with Gasteiger partial charge < -0.3 is 10.1 Å². The average molecular weight is 384 g/mol. The molecule has 1 aliphatic rings. The van der Waals surface area contributed by atoms with Crippen LogP contribution in [-0.2, 0) is 19.1 Å². The van der Waals surface area contributed by atoms with Crippen LogP contribution in [0.3, 0.4) is 0 Å². The van der Waals surface area contributed by atoms with Crippen LogP contribution in [0.25, 0.3) is 0 Å². The molecule has 0 bridgehead atoms. The Hall–Kier alpha value is -3.55. The molecule has 0 spiro atoms. The Bertz CT molecular complexity index is 957. The summed E-state index contributed by atoms with van der Waals surface area (Å²) in [7, 11) is 0. The fraction of sp³-hybridized carbons (Fsp3) is 0.200. The van der Waals surface area contributed by atoms with Crippen LogP contribution in [0.4, 0.5) is 15.8 Å². The molecule has 144 valence electrons. The predicted molar refractivity (Wildman–Crippen MR) is 98.2 cm³/mol. The quantitative estimate of drug-likeness (QED) is 0.632. The molecule has 7 nitrogen and oxygen atoms in total. The molecule has 0 saturated carbocycles. The van der Waals surface area contributed by atoms with E-state index in [1.54, 1.807) is 6.92 Å². The normalized spacial score (nSPS) is 13.6. The average Bonchev–Trinajstić information content (AvgIpc) is 3.01. The second kappa shape index (κ2) is 7.99. The summed E-state index contributed by atoms with van der Waals surface area (Å²) in [6.07, 6.45) is 0.264. The predicted octanol–water partition coefficient (Wildman–Crippen LogP) is 2.58. The molecule has 0 radical (unpaired) electrons. The number of hydrogen-bond donors (Lipinski definition) is 1. The van der Waals surface area contributed by atoms with Crippen molar-refractivity contribution in [2.45, 2.75) is 19.8 Å². The van der Waals surface area contributed by atoms with E-state index in [9.17, 15) is 23.6 Å². The zero-order chi connectivity index (χ0) is 20.3. The number of imide groups is 1. The van der Waals surface area contributed by atoms with Crippen molar-refractivity contribution in [2.24, 2.45) is 0 Å². The molecule has 28 heavy (non-hydrogen) atoms. The zero-order valence-corrected chi connectivity index (χ0v) is 15.0. The first kappa shape index (κ1) is 19.2. The van der Waals surface area contributed by atoms with Gasteiger partial charge in [0.15, 0.2) is 6.61 Å². The van der Waals surface area contributed by atoms with E-state index >= 15 is 0 Å². The summed E-state index contributed by atoms with van der Waals surface area (Å²) in [6.45, 7) is 1.03. The largest absolute Gasteiger partial charge is 0.452 e. The zero-order valence-electron chi connectivity index (χ0n) is 15.0. The Kier molecular flexibility index (Phi) is 5.49. The Morgan fingerprint density at radius 2 is 1.82 bits per heavy atom. The first-order chi connectivity index (χ1) is 13.3. The lowest BCUT2D eigenvalue weighted by Crippen LogP contribution is -2.28. The summed E-state index contributed by atoms with van der Waals surface area (Å²) >= 11 is 0. The minimum atomic E-state index is -0.786. The van der Waals surface area contributed by atoms with Crippen molar-refractivity contribution in [1.29, 1.82) is 0 Å². The Balaban J connectivity index is 1.61. The molecule has 8 heteroatoms. The number of benzene rings is 2. The number of carbonyl (C=O) groups excluding carboxylic acids is 4. The van der Waals surface area contributed by atoms with Crippen molar-refractivity contribution in [3.63, 3.8) is 0 Å². The number of nitrogens with zero attached hydrogens (tertiary/aromatic N) is 1. The number of rotatable bonds is 5. The molecule has 0 atom stereocenters. The van der Waals surface area contributed by atoms with Crippen molar-refractivity contribution in [3.05, 3.63) is 59.4 Å². The smallest absolute Gasteiger partial charge is 0.338 e. The lowest BCUT2D eigenvalue weighted by atomic mass is 10.2. The molecule has 1 heterocycles. The third kappa shape index (κ3) is 4.22. The van der Waals surface area contributed by atoms with Gasteiger partial charge in [0.05, 0.1) is 11.3 Å². The lowest BCUT2D eigenvalue weighted by Gasteiger charge is -2.14. The van der Waals surface area contributed by atoms with Crippen molar-refractivity contribution in [2.75, 3.05) is 16.8 Å². The van der Waals surface area contributed by atoms with Gasteiger partial charge in [-0.05, 0) is 42.8 Å². The standard InChI is InChI=1S/C20H17FN2O5/c1-12-5-6-14(10-16(12)21)22-17(24)11-28-20(27)13-3-2-4-15(9-13)23-18(25)7-8-19(23)26/h2-6,9-10H,7-8,11H2,1H3,(H,22,24). The number of amides is 3. The highest BCUT2D eigenvalue weighted by Gasteiger charge is 2.30. The fourth-order valence-corrected chi connectivity index (χ4v) is 2.72. The fourth-order valence-electron chi connectivity index (χ4n) is 2.72. The van der Waals surface area contributed by atoms with Crippen molar-refractivity contribution in [3.8, 4) is 0 Å². The lowest BCUT2D eigenvalue weighted by molar-refractivity contribution is -0.121. The van der Waals surface area contributed by atoms with Crippen LogP contribution in [0.15, 0.2) is 42.5 Å². The maximum absolute atomic E-state index is 13.5. The number of ether oxygens (including phenoxy) is 1. The highest BCUT2D eigenvalue weighted by molar-refractivity contribution is 6.20. The third-order valence-corrected chi connectivity index (χ3v) is 4.18. The van der Waals surface area contributed by atoms with E-state index in [4.69, 9.17) is 4.74 Å². The van der Waals surface area contributed by atoms with E-state index in [0.717, 1.165) is 4.90 Å². The molecule has 0 aliphatic carbocycles. The second-order valence-corrected chi connectivity index (χ2v) is 6.26. The minimum Gasteiger partial charge on any atom is -0.452 e. The van der Waals surface area contributed by atoms with E-state index in [2.05, 4.69) is 5.32 Å². The number of carbonyl (C=O) groups is 4. The van der Waals surface area contributed by atoms with Crippen LogP contribution in [0.5, 0.6) is 0 Å². The molecule has 1 aliphatic heterocycles. The van der Waals surface area contributed by atoms with Gasteiger partial charge in [-0.2, -0.15) is 0 Å². The second-order valence-electron chi connectivity index (χ2n) is 6.26. The molecule has 0 aromatic heterocycles. The maximum atomic E-state index is 13.5. The minimum absolute atomic E-state index is 0.0965.